The molecular weight excluding hydrogens is 480 g/mol. The topological polar surface area (TPSA) is 51.1 Å². The average Bonchev–Trinajstić information content (AvgIpc) is 3.21. The van der Waals surface area contributed by atoms with Crippen LogP contribution in [-0.2, 0) is 24.3 Å². The van der Waals surface area contributed by atoms with Gasteiger partial charge in [0.2, 0.25) is 0 Å². The Bertz CT molecular complexity index is 1360. The summed E-state index contributed by atoms with van der Waals surface area (Å²) in [4.78, 5) is 20.7. The number of amides is 1. The van der Waals surface area contributed by atoms with E-state index in [0.29, 0.717) is 41.1 Å². The van der Waals surface area contributed by atoms with Crippen molar-refractivity contribution < 1.29 is 14.3 Å². The molecule has 1 fully saturated rings. The van der Waals surface area contributed by atoms with Gasteiger partial charge >= 0.3 is 0 Å². The van der Waals surface area contributed by atoms with E-state index in [4.69, 9.17) is 20.9 Å². The molecule has 1 amide bonds. The first-order valence-corrected chi connectivity index (χ1v) is 12.7. The second-order valence-electron chi connectivity index (χ2n) is 8.27. The first-order valence-electron chi connectivity index (χ1n) is 11.8. The summed E-state index contributed by atoms with van der Waals surface area (Å²) < 4.78 is 11.3. The van der Waals surface area contributed by atoms with E-state index in [2.05, 4.69) is 12.5 Å². The molecule has 0 bridgehead atoms. The summed E-state index contributed by atoms with van der Waals surface area (Å²) >= 11 is 1.38. The number of terminal acetylenes is 1. The van der Waals surface area contributed by atoms with Crippen LogP contribution in [0.1, 0.15) is 22.3 Å². The monoisotopic (exact) mass is 508 g/mol. The molecule has 0 aliphatic carbocycles. The van der Waals surface area contributed by atoms with Crippen LogP contribution >= 0.6 is 11.8 Å². The molecule has 0 spiro atoms. The summed E-state index contributed by atoms with van der Waals surface area (Å²) in [6.07, 6.45) is 9.62. The summed E-state index contributed by atoms with van der Waals surface area (Å²) in [6, 6.07) is 23.7. The van der Waals surface area contributed by atoms with Gasteiger partial charge in [-0.2, -0.15) is 0 Å². The number of hydrogen-bond acceptors (Lipinski definition) is 5. The van der Waals surface area contributed by atoms with Gasteiger partial charge in [-0.1, -0.05) is 72.7 Å². The minimum absolute atomic E-state index is 0.0856. The van der Waals surface area contributed by atoms with Gasteiger partial charge in [0, 0.05) is 5.56 Å². The van der Waals surface area contributed by atoms with Gasteiger partial charge in [-0.25, -0.2) is 0 Å². The van der Waals surface area contributed by atoms with Crippen LogP contribution in [0, 0.1) is 12.3 Å². The van der Waals surface area contributed by atoms with Gasteiger partial charge in [-0.15, -0.1) is 13.0 Å². The number of nitrogens with zero attached hydrogens (tertiary/aromatic N) is 2. The quantitative estimate of drug-likeness (QED) is 0.188. The van der Waals surface area contributed by atoms with Crippen molar-refractivity contribution >= 4 is 28.9 Å². The van der Waals surface area contributed by atoms with Crippen molar-refractivity contribution in [1.29, 1.82) is 0 Å². The van der Waals surface area contributed by atoms with Gasteiger partial charge in [0.05, 0.1) is 25.1 Å². The van der Waals surface area contributed by atoms with E-state index in [1.54, 1.807) is 18.1 Å². The third-order valence-electron chi connectivity index (χ3n) is 5.65. The zero-order valence-electron chi connectivity index (χ0n) is 20.7. The Hall–Kier alpha value is -4.21. The number of methoxy groups -OCH3 is 1. The zero-order chi connectivity index (χ0) is 26.0. The van der Waals surface area contributed by atoms with Crippen LogP contribution in [0.4, 0.5) is 0 Å². The lowest BCUT2D eigenvalue weighted by Crippen LogP contribution is -2.28. The summed E-state index contributed by atoms with van der Waals surface area (Å²) in [5.41, 5.74) is 3.82. The number of thioether (sulfide) groups is 1. The molecule has 0 aromatic heterocycles. The van der Waals surface area contributed by atoms with Crippen LogP contribution < -0.4 is 9.47 Å². The smallest absolute Gasteiger partial charge is 0.267 e. The Labute approximate surface area is 222 Å². The van der Waals surface area contributed by atoms with Gasteiger partial charge in [-0.05, 0) is 53.1 Å². The molecule has 1 aliphatic heterocycles. The van der Waals surface area contributed by atoms with Crippen LogP contribution in [0.5, 0.6) is 11.5 Å². The van der Waals surface area contributed by atoms with Gasteiger partial charge in [-0.3, -0.25) is 14.7 Å². The Kier molecular flexibility index (Phi) is 8.85. The van der Waals surface area contributed by atoms with Crippen LogP contribution in [0.15, 0.2) is 95.3 Å². The van der Waals surface area contributed by atoms with E-state index in [9.17, 15) is 4.79 Å². The predicted octanol–water partition coefficient (Wildman–Crippen LogP) is 6.11. The fourth-order valence-corrected chi connectivity index (χ4v) is 4.90. The van der Waals surface area contributed by atoms with Crippen molar-refractivity contribution in [2.75, 3.05) is 13.7 Å². The lowest BCUT2D eigenvalue weighted by atomic mass is 10.0. The van der Waals surface area contributed by atoms with Crippen LogP contribution in [-0.4, -0.2) is 29.7 Å². The number of carbonyl (C=O) groups excluding carboxylic acids is 1. The minimum atomic E-state index is -0.0856. The van der Waals surface area contributed by atoms with Crippen molar-refractivity contribution in [2.45, 2.75) is 19.5 Å². The molecule has 1 saturated heterocycles. The van der Waals surface area contributed by atoms with E-state index in [0.717, 1.165) is 22.3 Å². The molecule has 186 valence electrons. The average molecular weight is 509 g/mol. The molecule has 3 aromatic rings. The van der Waals surface area contributed by atoms with E-state index < -0.39 is 0 Å². The van der Waals surface area contributed by atoms with Gasteiger partial charge in [0.25, 0.3) is 5.91 Å². The van der Waals surface area contributed by atoms with E-state index in [1.165, 1.54) is 11.8 Å². The molecule has 5 nitrogen and oxygen atoms in total. The Balaban J connectivity index is 1.69. The second-order valence-corrected chi connectivity index (χ2v) is 9.28. The van der Waals surface area contributed by atoms with E-state index >= 15 is 0 Å². The number of rotatable bonds is 10. The molecule has 1 aliphatic rings. The second kappa shape index (κ2) is 12.7. The molecule has 4 rings (SSSR count). The normalized spacial score (nSPS) is 15.1. The third kappa shape index (κ3) is 6.52. The van der Waals surface area contributed by atoms with Gasteiger partial charge in [0.15, 0.2) is 16.7 Å². The van der Waals surface area contributed by atoms with Crippen molar-refractivity contribution in [3.63, 3.8) is 0 Å². The largest absolute Gasteiger partial charge is 0.493 e. The SMILES string of the molecule is C#CCOc1c(CC=C)cc(/C=C2/SC(=NCc3ccccc3)N(Cc3ccccc3)C2=O)cc1OC. The number of allylic oxidation sites excluding steroid dienone is 1. The standard InChI is InChI=1S/C31H28N2O3S/c1-4-12-26-18-25(19-27(35-3)29(26)36-17-5-2)20-28-30(34)33(22-24-15-10-7-11-16-24)31(37-28)32-21-23-13-8-6-9-14-23/h2,4,6-11,13-16,18-20H,1,12,17,21-22H2,3H3/b28-20+,32-31?. The molecule has 0 atom stereocenters. The highest BCUT2D eigenvalue weighted by molar-refractivity contribution is 8.18. The molecule has 1 heterocycles. The molecule has 0 saturated carbocycles. The van der Waals surface area contributed by atoms with Crippen molar-refractivity contribution in [3.8, 4) is 23.8 Å². The maximum absolute atomic E-state index is 13.6. The fourth-order valence-electron chi connectivity index (χ4n) is 3.93. The number of carbonyl (C=O) groups is 1. The van der Waals surface area contributed by atoms with E-state index in [-0.39, 0.29) is 12.5 Å². The lowest BCUT2D eigenvalue weighted by molar-refractivity contribution is -0.122. The number of hydrogen-bond donors (Lipinski definition) is 0. The van der Waals surface area contributed by atoms with Crippen LogP contribution in [0.2, 0.25) is 0 Å². The summed E-state index contributed by atoms with van der Waals surface area (Å²) in [5, 5.41) is 0.677. The number of ether oxygens (including phenoxy) is 2. The van der Waals surface area contributed by atoms with Crippen LogP contribution in [0.25, 0.3) is 6.08 Å². The first-order chi connectivity index (χ1) is 18.1. The first kappa shape index (κ1) is 25.9. The third-order valence-corrected chi connectivity index (χ3v) is 6.69. The van der Waals surface area contributed by atoms with Crippen molar-refractivity contribution in [1.82, 2.24) is 4.90 Å². The molecule has 0 N–H and O–H groups in total. The lowest BCUT2D eigenvalue weighted by Gasteiger charge is -2.16. The van der Waals surface area contributed by atoms with Gasteiger partial charge in [0.1, 0.15) is 6.61 Å². The number of benzene rings is 3. The molecule has 37 heavy (non-hydrogen) atoms. The van der Waals surface area contributed by atoms with Gasteiger partial charge < -0.3 is 9.47 Å². The summed E-state index contributed by atoms with van der Waals surface area (Å²) in [6.45, 7) is 4.92. The Morgan fingerprint density at radius 1 is 1.08 bits per heavy atom. The minimum Gasteiger partial charge on any atom is -0.493 e. The fraction of sp³-hybridized carbons (Fsp3) is 0.161. The number of aliphatic imine (C=N–C) groups is 1. The molecule has 6 heteroatoms. The highest BCUT2D eigenvalue weighted by Crippen LogP contribution is 2.38. The zero-order valence-corrected chi connectivity index (χ0v) is 21.5. The molecule has 3 aromatic carbocycles. The maximum Gasteiger partial charge on any atom is 0.267 e. The molecular formula is C31H28N2O3S. The Morgan fingerprint density at radius 2 is 1.78 bits per heavy atom. The molecule has 0 unspecified atom stereocenters. The maximum atomic E-state index is 13.6. The van der Waals surface area contributed by atoms with Crippen molar-refractivity contribution in [2.24, 2.45) is 4.99 Å². The van der Waals surface area contributed by atoms with Crippen LogP contribution in [0.3, 0.4) is 0 Å². The van der Waals surface area contributed by atoms with E-state index in [1.807, 2.05) is 78.9 Å². The highest BCUT2D eigenvalue weighted by atomic mass is 32.2. The summed E-state index contributed by atoms with van der Waals surface area (Å²) in [5.74, 6) is 3.54. The predicted molar refractivity (Wildman–Crippen MR) is 151 cm³/mol. The Morgan fingerprint density at radius 3 is 2.43 bits per heavy atom. The van der Waals surface area contributed by atoms with Crippen molar-refractivity contribution in [3.05, 3.63) is 113 Å². The number of amidine groups is 1. The summed E-state index contributed by atoms with van der Waals surface area (Å²) in [7, 11) is 1.58. The highest BCUT2D eigenvalue weighted by Gasteiger charge is 2.33. The molecule has 0 radical (unpaired) electrons.